The summed E-state index contributed by atoms with van der Waals surface area (Å²) in [6.07, 6.45) is 3.57. The van der Waals surface area contributed by atoms with Gasteiger partial charge in [-0.1, -0.05) is 54.1 Å². The summed E-state index contributed by atoms with van der Waals surface area (Å²) in [5, 5.41) is 0. The Bertz CT molecular complexity index is 1080. The number of hydrogen-bond acceptors (Lipinski definition) is 4. The van der Waals surface area contributed by atoms with Gasteiger partial charge in [0.2, 0.25) is 10.0 Å². The number of nitrogens with zero attached hydrogens (tertiary/aromatic N) is 1. The van der Waals surface area contributed by atoms with Crippen molar-refractivity contribution in [2.75, 3.05) is 0 Å². The van der Waals surface area contributed by atoms with Gasteiger partial charge in [0.25, 0.3) is 0 Å². The first-order valence-corrected chi connectivity index (χ1v) is 11.9. The first-order valence-electron chi connectivity index (χ1n) is 10.5. The van der Waals surface area contributed by atoms with Crippen LogP contribution in [0.4, 0.5) is 0 Å². The summed E-state index contributed by atoms with van der Waals surface area (Å²) in [6.45, 7) is 11.0. The molecule has 0 saturated carbocycles. The molecule has 0 aromatic heterocycles. The topological polar surface area (TPSA) is 63.5 Å². The predicted molar refractivity (Wildman–Crippen MR) is 122 cm³/mol. The van der Waals surface area contributed by atoms with Crippen molar-refractivity contribution in [2.45, 2.75) is 70.5 Å². The molecule has 0 bridgehead atoms. The molecule has 2 aromatic rings. The van der Waals surface area contributed by atoms with Gasteiger partial charge in [-0.2, -0.15) is 4.31 Å². The minimum atomic E-state index is -3.72. The van der Waals surface area contributed by atoms with Crippen LogP contribution in [0.15, 0.2) is 59.5 Å². The number of sulfonamides is 1. The van der Waals surface area contributed by atoms with Gasteiger partial charge in [0.1, 0.15) is 5.60 Å². The molecule has 3 rings (SSSR count). The largest absolute Gasteiger partial charge is 0.457 e. The van der Waals surface area contributed by atoms with Gasteiger partial charge in [-0.05, 0) is 64.7 Å². The van der Waals surface area contributed by atoms with Gasteiger partial charge in [-0.3, -0.25) is 0 Å². The lowest BCUT2D eigenvalue weighted by atomic mass is 10.1. The third kappa shape index (κ3) is 5.43. The molecule has 0 spiro atoms. The molecule has 0 N–H and O–H groups in total. The highest BCUT2D eigenvalue weighted by molar-refractivity contribution is 7.89. The second-order valence-corrected chi connectivity index (χ2v) is 11.0. The van der Waals surface area contributed by atoms with Crippen molar-refractivity contribution < 1.29 is 17.9 Å². The number of esters is 1. The zero-order chi connectivity index (χ0) is 23.0. The molecule has 1 heterocycles. The number of hydrogen-bond donors (Lipinski definition) is 0. The van der Waals surface area contributed by atoms with Crippen LogP contribution in [0.2, 0.25) is 0 Å². The Hall–Kier alpha value is -2.44. The maximum absolute atomic E-state index is 13.6. The van der Waals surface area contributed by atoms with Crippen LogP contribution in [-0.2, 0) is 26.0 Å². The molecule has 1 aliphatic rings. The summed E-state index contributed by atoms with van der Waals surface area (Å²) in [6, 6.07) is 12.9. The number of carbonyl (C=O) groups excluding carboxylic acids is 1. The number of carbonyl (C=O) groups is 1. The lowest BCUT2D eigenvalue weighted by Crippen LogP contribution is -2.22. The Kier molecular flexibility index (Phi) is 6.44. The van der Waals surface area contributed by atoms with Gasteiger partial charge in [-0.15, -0.1) is 0 Å². The number of aryl methyl sites for hydroxylation is 3. The summed E-state index contributed by atoms with van der Waals surface area (Å²) in [5.74, 6) is -0.474. The Morgan fingerprint density at radius 3 is 2.19 bits per heavy atom. The Balaban J connectivity index is 1.92. The molecular weight excluding hydrogens is 410 g/mol. The fraction of sp³-hybridized carbons (Fsp3) is 0.400. The first kappa shape index (κ1) is 23.2. The third-order valence-corrected chi connectivity index (χ3v) is 7.42. The van der Waals surface area contributed by atoms with E-state index in [9.17, 15) is 13.2 Å². The van der Waals surface area contributed by atoms with E-state index in [2.05, 4.69) is 0 Å². The van der Waals surface area contributed by atoms with Gasteiger partial charge < -0.3 is 4.74 Å². The summed E-state index contributed by atoms with van der Waals surface area (Å²) in [5.41, 5.74) is 2.95. The maximum Gasteiger partial charge on any atom is 0.331 e. The van der Waals surface area contributed by atoms with Crippen LogP contribution >= 0.6 is 0 Å². The average Bonchev–Trinajstić information content (AvgIpc) is 3.31. The molecule has 1 saturated heterocycles. The van der Waals surface area contributed by atoms with Gasteiger partial charge in [0.05, 0.1) is 17.0 Å². The molecular formula is C25H31NO4S. The molecule has 0 aliphatic carbocycles. The van der Waals surface area contributed by atoms with E-state index < -0.39 is 27.6 Å². The van der Waals surface area contributed by atoms with Crippen molar-refractivity contribution in [3.63, 3.8) is 0 Å². The van der Waals surface area contributed by atoms with Crippen molar-refractivity contribution in [3.8, 4) is 0 Å². The minimum Gasteiger partial charge on any atom is -0.457 e. The monoisotopic (exact) mass is 441 g/mol. The van der Waals surface area contributed by atoms with E-state index in [0.29, 0.717) is 11.3 Å². The van der Waals surface area contributed by atoms with E-state index >= 15 is 0 Å². The van der Waals surface area contributed by atoms with Gasteiger partial charge >= 0.3 is 5.97 Å². The van der Waals surface area contributed by atoms with Gasteiger partial charge in [-0.25, -0.2) is 13.2 Å². The zero-order valence-electron chi connectivity index (χ0n) is 19.0. The predicted octanol–water partition coefficient (Wildman–Crippen LogP) is 4.49. The molecule has 31 heavy (non-hydrogen) atoms. The Labute approximate surface area is 185 Å². The van der Waals surface area contributed by atoms with E-state index in [0.717, 1.165) is 22.3 Å². The van der Waals surface area contributed by atoms with Crippen molar-refractivity contribution in [1.29, 1.82) is 0 Å². The fourth-order valence-corrected chi connectivity index (χ4v) is 6.26. The summed E-state index contributed by atoms with van der Waals surface area (Å²) in [7, 11) is -3.72. The van der Waals surface area contributed by atoms with Crippen LogP contribution in [0.5, 0.6) is 0 Å². The van der Waals surface area contributed by atoms with Gasteiger partial charge in [0, 0.05) is 6.08 Å². The molecule has 6 heteroatoms. The molecule has 0 amide bonds. The second-order valence-electron chi connectivity index (χ2n) is 9.20. The van der Waals surface area contributed by atoms with Gasteiger partial charge in [0.15, 0.2) is 0 Å². The summed E-state index contributed by atoms with van der Waals surface area (Å²) < 4.78 is 34.1. The van der Waals surface area contributed by atoms with Crippen LogP contribution in [0.1, 0.15) is 43.0 Å². The Morgan fingerprint density at radius 2 is 1.65 bits per heavy atom. The first-order chi connectivity index (χ1) is 14.4. The van der Waals surface area contributed by atoms with Crippen LogP contribution in [-0.4, -0.2) is 36.4 Å². The number of benzene rings is 2. The smallest absolute Gasteiger partial charge is 0.331 e. The van der Waals surface area contributed by atoms with E-state index in [1.807, 2.05) is 63.2 Å². The van der Waals surface area contributed by atoms with Crippen LogP contribution in [0.3, 0.4) is 0 Å². The van der Waals surface area contributed by atoms with Crippen LogP contribution < -0.4 is 0 Å². The molecule has 166 valence electrons. The zero-order valence-corrected chi connectivity index (χ0v) is 19.9. The molecule has 1 fully saturated rings. The molecule has 5 nitrogen and oxygen atoms in total. The van der Waals surface area contributed by atoms with E-state index in [-0.39, 0.29) is 6.04 Å². The highest BCUT2D eigenvalue weighted by Crippen LogP contribution is 2.40. The molecule has 0 radical (unpaired) electrons. The van der Waals surface area contributed by atoms with Crippen molar-refractivity contribution in [2.24, 2.45) is 0 Å². The highest BCUT2D eigenvalue weighted by atomic mass is 32.2. The molecule has 1 unspecified atom stereocenters. The van der Waals surface area contributed by atoms with E-state index in [4.69, 9.17) is 4.74 Å². The molecule has 1 aliphatic heterocycles. The molecule has 3 atom stereocenters. The normalized spacial score (nSPS) is 21.3. The minimum absolute atomic E-state index is 0.244. The Morgan fingerprint density at radius 1 is 1.06 bits per heavy atom. The lowest BCUT2D eigenvalue weighted by molar-refractivity contribution is -0.148. The van der Waals surface area contributed by atoms with E-state index in [1.54, 1.807) is 26.8 Å². The quantitative estimate of drug-likeness (QED) is 0.376. The average molecular weight is 442 g/mol. The highest BCUT2D eigenvalue weighted by Gasteiger charge is 2.54. The maximum atomic E-state index is 13.6. The van der Waals surface area contributed by atoms with E-state index in [1.165, 1.54) is 10.4 Å². The molecule has 2 aromatic carbocycles. The number of ether oxygens (including phenoxy) is 1. The lowest BCUT2D eigenvalue weighted by Gasteiger charge is -2.17. The summed E-state index contributed by atoms with van der Waals surface area (Å²) >= 11 is 0. The van der Waals surface area contributed by atoms with Crippen LogP contribution in [0.25, 0.3) is 0 Å². The number of rotatable bonds is 6. The van der Waals surface area contributed by atoms with Crippen LogP contribution in [0, 0.1) is 20.8 Å². The third-order valence-electron chi connectivity index (χ3n) is 5.19. The second kappa shape index (κ2) is 8.60. The van der Waals surface area contributed by atoms with Crippen molar-refractivity contribution in [1.82, 2.24) is 4.31 Å². The summed E-state index contributed by atoms with van der Waals surface area (Å²) in [4.78, 5) is 12.5. The van der Waals surface area contributed by atoms with Crippen molar-refractivity contribution in [3.05, 3.63) is 76.9 Å². The fourth-order valence-electron chi connectivity index (χ4n) is 4.09. The standard InChI is InChI=1S/C25H31NO4S/c1-17-14-18(2)24(19(3)15-17)31(28,29)26-21(12-13-23(27)30-25(4,5)6)22(26)16-20-10-8-7-9-11-20/h7-15,21-22H,16H2,1-6H3/b13-12+/t21-,22-,26?/m0/s1. The van der Waals surface area contributed by atoms with Crippen molar-refractivity contribution >= 4 is 16.0 Å². The SMILES string of the molecule is Cc1cc(C)c(S(=O)(=O)N2[C@@H](/C=C/C(=O)OC(C)(C)C)[C@@H]2Cc2ccccc2)c(C)c1.